The number of carbonyl (C=O) groups excluding carboxylic acids is 1. The van der Waals surface area contributed by atoms with E-state index in [0.29, 0.717) is 5.56 Å². The summed E-state index contributed by atoms with van der Waals surface area (Å²) in [6, 6.07) is 11.8. The molecule has 1 aliphatic heterocycles. The van der Waals surface area contributed by atoms with Gasteiger partial charge in [0, 0.05) is 57.3 Å². The average Bonchev–Trinajstić information content (AvgIpc) is 2.73. The fourth-order valence-electron chi connectivity index (χ4n) is 3.28. The molecule has 0 saturated carbocycles. The van der Waals surface area contributed by atoms with Crippen LogP contribution in [-0.4, -0.2) is 62.6 Å². The highest BCUT2D eigenvalue weighted by molar-refractivity contribution is 6.04. The zero-order chi connectivity index (χ0) is 19.9. The molecule has 0 radical (unpaired) electrons. The Morgan fingerprint density at radius 3 is 2.43 bits per heavy atom. The molecule has 1 saturated heterocycles. The zero-order valence-corrected chi connectivity index (χ0v) is 17.2. The van der Waals surface area contributed by atoms with Crippen molar-refractivity contribution in [3.8, 4) is 0 Å². The number of unbranched alkanes of at least 4 members (excludes halogenated alkanes) is 1. The number of rotatable bonds is 7. The number of anilines is 3. The number of piperazine rings is 1. The number of hydrogen-bond donors (Lipinski definition) is 1. The number of hydrogen-bond acceptors (Lipinski definition) is 5. The van der Waals surface area contributed by atoms with Crippen molar-refractivity contribution in [2.45, 2.75) is 19.8 Å². The van der Waals surface area contributed by atoms with Crippen LogP contribution in [0, 0.1) is 0 Å². The summed E-state index contributed by atoms with van der Waals surface area (Å²) in [6.45, 7) is 7.37. The van der Waals surface area contributed by atoms with Crippen molar-refractivity contribution in [2.24, 2.45) is 0 Å². The molecular weight excluding hydrogens is 350 g/mol. The van der Waals surface area contributed by atoms with E-state index in [1.165, 1.54) is 5.69 Å². The highest BCUT2D eigenvalue weighted by Crippen LogP contribution is 2.20. The van der Waals surface area contributed by atoms with E-state index in [-0.39, 0.29) is 5.91 Å². The van der Waals surface area contributed by atoms with Gasteiger partial charge in [-0.2, -0.15) is 0 Å². The summed E-state index contributed by atoms with van der Waals surface area (Å²) < 4.78 is 0. The number of carbonyl (C=O) groups is 1. The molecule has 1 fully saturated rings. The number of aromatic nitrogens is 1. The number of nitrogens with zero attached hydrogens (tertiary/aromatic N) is 4. The molecule has 0 unspecified atom stereocenters. The van der Waals surface area contributed by atoms with Gasteiger partial charge in [-0.1, -0.05) is 13.3 Å². The fourth-order valence-corrected chi connectivity index (χ4v) is 3.28. The van der Waals surface area contributed by atoms with Crippen molar-refractivity contribution in [3.63, 3.8) is 0 Å². The molecule has 0 atom stereocenters. The van der Waals surface area contributed by atoms with Crippen LogP contribution in [-0.2, 0) is 0 Å². The smallest absolute Gasteiger partial charge is 0.257 e. The molecule has 28 heavy (non-hydrogen) atoms. The van der Waals surface area contributed by atoms with Gasteiger partial charge in [0.2, 0.25) is 0 Å². The average molecular weight is 382 g/mol. The lowest BCUT2D eigenvalue weighted by atomic mass is 10.2. The highest BCUT2D eigenvalue weighted by atomic mass is 16.1. The summed E-state index contributed by atoms with van der Waals surface area (Å²) >= 11 is 0. The number of nitrogens with one attached hydrogen (secondary N) is 1. The van der Waals surface area contributed by atoms with Crippen LogP contribution in [0.3, 0.4) is 0 Å². The monoisotopic (exact) mass is 381 g/mol. The first-order chi connectivity index (χ1) is 13.6. The summed E-state index contributed by atoms with van der Waals surface area (Å²) in [7, 11) is 4.18. The molecule has 1 N–H and O–H groups in total. The Morgan fingerprint density at radius 1 is 1.11 bits per heavy atom. The van der Waals surface area contributed by atoms with E-state index in [1.54, 1.807) is 6.20 Å². The minimum absolute atomic E-state index is 0.136. The molecule has 3 rings (SSSR count). The molecule has 1 aromatic heterocycles. The minimum atomic E-state index is -0.136. The molecule has 1 amide bonds. The molecule has 0 bridgehead atoms. The van der Waals surface area contributed by atoms with E-state index in [0.717, 1.165) is 57.1 Å². The van der Waals surface area contributed by atoms with Gasteiger partial charge in [0.25, 0.3) is 5.91 Å². The molecule has 2 aromatic rings. The van der Waals surface area contributed by atoms with Gasteiger partial charge in [0.15, 0.2) is 0 Å². The first-order valence-electron chi connectivity index (χ1n) is 10.1. The highest BCUT2D eigenvalue weighted by Gasteiger charge is 2.14. The molecular formula is C22H31N5O. The lowest BCUT2D eigenvalue weighted by Crippen LogP contribution is -2.44. The fraction of sp³-hybridized carbons (Fsp3) is 0.455. The Morgan fingerprint density at radius 2 is 1.82 bits per heavy atom. The number of pyridine rings is 1. The number of amides is 1. The van der Waals surface area contributed by atoms with Crippen molar-refractivity contribution >= 4 is 23.1 Å². The molecule has 0 spiro atoms. The van der Waals surface area contributed by atoms with Crippen molar-refractivity contribution < 1.29 is 4.79 Å². The van der Waals surface area contributed by atoms with Gasteiger partial charge >= 0.3 is 0 Å². The quantitative estimate of drug-likeness (QED) is 0.797. The van der Waals surface area contributed by atoms with Crippen LogP contribution in [0.5, 0.6) is 0 Å². The van der Waals surface area contributed by atoms with Crippen LogP contribution in [0.1, 0.15) is 30.1 Å². The molecule has 6 heteroatoms. The standard InChI is InChI=1S/C22H31N5O/c1-4-5-12-26(3)21-11-6-18(17-23-21)22(28)24-19-7-9-20(10-8-19)27-15-13-25(2)14-16-27/h6-11,17H,4-5,12-16H2,1-3H3,(H,24,28). The lowest BCUT2D eigenvalue weighted by molar-refractivity contribution is 0.102. The van der Waals surface area contributed by atoms with Crippen LogP contribution in [0.25, 0.3) is 0 Å². The first kappa shape index (κ1) is 20.1. The molecule has 1 aliphatic rings. The maximum atomic E-state index is 12.5. The van der Waals surface area contributed by atoms with Gasteiger partial charge in [0.1, 0.15) is 5.82 Å². The number of likely N-dealkylation sites (N-methyl/N-ethyl adjacent to an activating group) is 1. The first-order valence-corrected chi connectivity index (χ1v) is 10.1. The van der Waals surface area contributed by atoms with Crippen LogP contribution >= 0.6 is 0 Å². The Labute approximate surface area is 168 Å². The summed E-state index contributed by atoms with van der Waals surface area (Å²) in [4.78, 5) is 23.8. The maximum absolute atomic E-state index is 12.5. The van der Waals surface area contributed by atoms with Gasteiger partial charge in [0.05, 0.1) is 5.56 Å². The van der Waals surface area contributed by atoms with E-state index >= 15 is 0 Å². The van der Waals surface area contributed by atoms with E-state index in [2.05, 4.69) is 51.1 Å². The second kappa shape index (κ2) is 9.55. The topological polar surface area (TPSA) is 51.7 Å². The molecule has 2 heterocycles. The van der Waals surface area contributed by atoms with Crippen LogP contribution in [0.2, 0.25) is 0 Å². The summed E-state index contributed by atoms with van der Waals surface area (Å²) in [6.07, 6.45) is 3.93. The van der Waals surface area contributed by atoms with Gasteiger partial charge in [-0.15, -0.1) is 0 Å². The second-order valence-electron chi connectivity index (χ2n) is 7.47. The largest absolute Gasteiger partial charge is 0.369 e. The normalized spacial score (nSPS) is 14.8. The Bertz CT molecular complexity index is 752. The van der Waals surface area contributed by atoms with E-state index in [4.69, 9.17) is 0 Å². The lowest BCUT2D eigenvalue weighted by Gasteiger charge is -2.34. The predicted octanol–water partition coefficient (Wildman–Crippen LogP) is 3.32. The third-order valence-corrected chi connectivity index (χ3v) is 5.24. The SMILES string of the molecule is CCCCN(C)c1ccc(C(=O)Nc2ccc(N3CCN(C)CC3)cc2)cn1. The summed E-state index contributed by atoms with van der Waals surface area (Å²) in [5, 5.41) is 2.96. The van der Waals surface area contributed by atoms with Gasteiger partial charge in [-0.25, -0.2) is 4.98 Å². The molecule has 6 nitrogen and oxygen atoms in total. The van der Waals surface area contributed by atoms with Crippen LogP contribution in [0.15, 0.2) is 42.6 Å². The zero-order valence-electron chi connectivity index (χ0n) is 17.2. The molecule has 150 valence electrons. The Balaban J connectivity index is 1.57. The van der Waals surface area contributed by atoms with Crippen molar-refractivity contribution in [1.82, 2.24) is 9.88 Å². The molecule has 0 aliphatic carbocycles. The van der Waals surface area contributed by atoms with Gasteiger partial charge in [-0.3, -0.25) is 4.79 Å². The third kappa shape index (κ3) is 5.23. The number of benzene rings is 1. The van der Waals surface area contributed by atoms with Crippen molar-refractivity contribution in [1.29, 1.82) is 0 Å². The molecule has 1 aromatic carbocycles. The van der Waals surface area contributed by atoms with Crippen molar-refractivity contribution in [3.05, 3.63) is 48.2 Å². The van der Waals surface area contributed by atoms with E-state index in [1.807, 2.05) is 31.3 Å². The second-order valence-corrected chi connectivity index (χ2v) is 7.47. The maximum Gasteiger partial charge on any atom is 0.257 e. The van der Waals surface area contributed by atoms with E-state index < -0.39 is 0 Å². The Kier molecular flexibility index (Phi) is 6.87. The summed E-state index contributed by atoms with van der Waals surface area (Å²) in [5.41, 5.74) is 2.56. The van der Waals surface area contributed by atoms with Gasteiger partial charge < -0.3 is 20.0 Å². The van der Waals surface area contributed by atoms with E-state index in [9.17, 15) is 4.79 Å². The van der Waals surface area contributed by atoms with Crippen LogP contribution in [0.4, 0.5) is 17.2 Å². The van der Waals surface area contributed by atoms with Crippen LogP contribution < -0.4 is 15.1 Å². The van der Waals surface area contributed by atoms with Gasteiger partial charge in [-0.05, 0) is 49.9 Å². The summed E-state index contributed by atoms with van der Waals surface area (Å²) in [5.74, 6) is 0.754. The minimum Gasteiger partial charge on any atom is -0.369 e. The predicted molar refractivity (Wildman–Crippen MR) is 117 cm³/mol. The Hall–Kier alpha value is -2.60. The van der Waals surface area contributed by atoms with Crippen molar-refractivity contribution in [2.75, 3.05) is 61.9 Å². The third-order valence-electron chi connectivity index (χ3n) is 5.24.